The highest BCUT2D eigenvalue weighted by Gasteiger charge is 2.28. The molecule has 0 aliphatic heterocycles. The van der Waals surface area contributed by atoms with Gasteiger partial charge in [-0.15, -0.1) is 0 Å². The number of hydrogen-bond acceptors (Lipinski definition) is 4. The number of aliphatic hydroxyl groups excluding tert-OH is 1. The van der Waals surface area contributed by atoms with Crippen LogP contribution in [0.1, 0.15) is 31.2 Å². The van der Waals surface area contributed by atoms with Crippen molar-refractivity contribution in [3.05, 3.63) is 29.8 Å². The van der Waals surface area contributed by atoms with Gasteiger partial charge >= 0.3 is 0 Å². The van der Waals surface area contributed by atoms with E-state index in [9.17, 15) is 8.42 Å². The minimum Gasteiger partial charge on any atom is -0.392 e. The third kappa shape index (κ3) is 3.75. The zero-order valence-electron chi connectivity index (χ0n) is 11.6. The summed E-state index contributed by atoms with van der Waals surface area (Å²) in [5, 5.41) is 9.46. The number of benzene rings is 1. The average Bonchev–Trinajstić information content (AvgIpc) is 2.47. The highest BCUT2D eigenvalue weighted by molar-refractivity contribution is 7.99. The lowest BCUT2D eigenvalue weighted by molar-refractivity contribution is 0.281. The molecule has 112 valence electrons. The fraction of sp³-hybridized carbons (Fsp3) is 0.571. The van der Waals surface area contributed by atoms with E-state index in [2.05, 4.69) is 4.72 Å². The third-order valence-corrected chi connectivity index (χ3v) is 6.36. The fourth-order valence-electron chi connectivity index (χ4n) is 2.59. The summed E-state index contributed by atoms with van der Waals surface area (Å²) in [5.74, 6) is 0. The maximum absolute atomic E-state index is 12.4. The van der Waals surface area contributed by atoms with Crippen LogP contribution in [-0.2, 0) is 16.6 Å². The van der Waals surface area contributed by atoms with Crippen molar-refractivity contribution >= 4 is 21.8 Å². The van der Waals surface area contributed by atoms with Crippen molar-refractivity contribution in [1.82, 2.24) is 4.72 Å². The SMILES string of the molecule is CSC1CCCCC1NS(=O)(=O)c1cccc(CO)c1. The van der Waals surface area contributed by atoms with Crippen LogP contribution in [-0.4, -0.2) is 31.1 Å². The standard InChI is InChI=1S/C14H21NO3S2/c1-19-14-8-3-2-7-13(14)15-20(17,18)12-6-4-5-11(9-12)10-16/h4-6,9,13-16H,2-3,7-8,10H2,1H3. The predicted octanol–water partition coefficient (Wildman–Crippen LogP) is 2.13. The smallest absolute Gasteiger partial charge is 0.240 e. The molecule has 0 aromatic heterocycles. The molecule has 2 N–H and O–H groups in total. The molecule has 1 aliphatic carbocycles. The summed E-state index contributed by atoms with van der Waals surface area (Å²) >= 11 is 1.73. The Bertz CT molecular complexity index is 545. The Morgan fingerprint density at radius 1 is 1.35 bits per heavy atom. The van der Waals surface area contributed by atoms with Crippen molar-refractivity contribution in [3.8, 4) is 0 Å². The molecule has 1 saturated carbocycles. The molecule has 2 atom stereocenters. The van der Waals surface area contributed by atoms with Gasteiger partial charge in [0.25, 0.3) is 0 Å². The number of nitrogens with one attached hydrogen (secondary N) is 1. The largest absolute Gasteiger partial charge is 0.392 e. The van der Waals surface area contributed by atoms with Gasteiger partial charge in [0, 0.05) is 11.3 Å². The normalized spacial score (nSPS) is 23.7. The van der Waals surface area contributed by atoms with E-state index in [0.717, 1.165) is 19.3 Å². The van der Waals surface area contributed by atoms with Crippen LogP contribution >= 0.6 is 11.8 Å². The Morgan fingerprint density at radius 3 is 2.80 bits per heavy atom. The van der Waals surface area contributed by atoms with Gasteiger partial charge in [0.1, 0.15) is 0 Å². The van der Waals surface area contributed by atoms with Gasteiger partial charge in [0.2, 0.25) is 10.0 Å². The lowest BCUT2D eigenvalue weighted by atomic mass is 9.96. The van der Waals surface area contributed by atoms with Crippen LogP contribution in [0.4, 0.5) is 0 Å². The molecule has 0 amide bonds. The van der Waals surface area contributed by atoms with Crippen LogP contribution in [0, 0.1) is 0 Å². The summed E-state index contributed by atoms with van der Waals surface area (Å²) in [4.78, 5) is 0.231. The second-order valence-corrected chi connectivity index (χ2v) is 7.88. The Balaban J connectivity index is 2.17. The van der Waals surface area contributed by atoms with Gasteiger partial charge in [0.05, 0.1) is 11.5 Å². The van der Waals surface area contributed by atoms with Crippen molar-refractivity contribution in [3.63, 3.8) is 0 Å². The first-order valence-electron chi connectivity index (χ1n) is 6.82. The van der Waals surface area contributed by atoms with Crippen molar-refractivity contribution in [2.75, 3.05) is 6.26 Å². The average molecular weight is 315 g/mol. The molecule has 0 bridgehead atoms. The van der Waals surface area contributed by atoms with Gasteiger partial charge in [-0.3, -0.25) is 0 Å². The number of rotatable bonds is 5. The van der Waals surface area contributed by atoms with Gasteiger partial charge in [-0.2, -0.15) is 11.8 Å². The molecule has 1 aromatic carbocycles. The zero-order valence-corrected chi connectivity index (χ0v) is 13.2. The number of aliphatic hydroxyl groups is 1. The van der Waals surface area contributed by atoms with E-state index in [0.29, 0.717) is 10.8 Å². The maximum Gasteiger partial charge on any atom is 0.240 e. The zero-order chi connectivity index (χ0) is 14.6. The molecule has 1 aromatic rings. The summed E-state index contributed by atoms with van der Waals surface area (Å²) in [6.07, 6.45) is 6.23. The van der Waals surface area contributed by atoms with E-state index < -0.39 is 10.0 Å². The topological polar surface area (TPSA) is 66.4 Å². The third-order valence-electron chi connectivity index (χ3n) is 3.70. The van der Waals surface area contributed by atoms with Crippen molar-refractivity contribution in [2.45, 2.75) is 48.5 Å². The molecule has 6 heteroatoms. The van der Waals surface area contributed by atoms with Gasteiger partial charge in [-0.25, -0.2) is 13.1 Å². The monoisotopic (exact) mass is 315 g/mol. The lowest BCUT2D eigenvalue weighted by Gasteiger charge is -2.30. The van der Waals surface area contributed by atoms with Crippen LogP contribution in [0.5, 0.6) is 0 Å². The first-order chi connectivity index (χ1) is 9.56. The Labute approximate surface area is 125 Å². The van der Waals surface area contributed by atoms with E-state index in [1.54, 1.807) is 30.0 Å². The Morgan fingerprint density at radius 2 is 2.10 bits per heavy atom. The second-order valence-electron chi connectivity index (χ2n) is 5.09. The first-order valence-corrected chi connectivity index (χ1v) is 9.59. The number of thioether (sulfide) groups is 1. The Hall–Kier alpha value is -0.560. The number of sulfonamides is 1. The fourth-order valence-corrected chi connectivity index (χ4v) is 4.99. The van der Waals surface area contributed by atoms with E-state index in [1.165, 1.54) is 12.5 Å². The molecular weight excluding hydrogens is 294 g/mol. The van der Waals surface area contributed by atoms with Gasteiger partial charge in [0.15, 0.2) is 0 Å². The highest BCUT2D eigenvalue weighted by atomic mass is 32.2. The van der Waals surface area contributed by atoms with Crippen LogP contribution in [0.3, 0.4) is 0 Å². The van der Waals surface area contributed by atoms with Gasteiger partial charge in [-0.05, 0) is 36.8 Å². The lowest BCUT2D eigenvalue weighted by Crippen LogP contribution is -2.43. The van der Waals surface area contributed by atoms with Crippen LogP contribution in [0.15, 0.2) is 29.2 Å². The molecule has 1 aliphatic rings. The molecule has 2 unspecified atom stereocenters. The molecule has 0 heterocycles. The minimum absolute atomic E-state index is 0.00142. The van der Waals surface area contributed by atoms with E-state index >= 15 is 0 Å². The van der Waals surface area contributed by atoms with Crippen LogP contribution in [0.25, 0.3) is 0 Å². The predicted molar refractivity (Wildman–Crippen MR) is 82.2 cm³/mol. The second kappa shape index (κ2) is 6.93. The maximum atomic E-state index is 12.4. The van der Waals surface area contributed by atoms with Crippen molar-refractivity contribution in [2.24, 2.45) is 0 Å². The molecule has 0 spiro atoms. The van der Waals surface area contributed by atoms with E-state index in [1.807, 2.05) is 6.26 Å². The molecule has 0 saturated heterocycles. The van der Waals surface area contributed by atoms with Crippen LogP contribution in [0.2, 0.25) is 0 Å². The molecule has 4 nitrogen and oxygen atoms in total. The number of hydrogen-bond donors (Lipinski definition) is 2. The minimum atomic E-state index is -3.51. The van der Waals surface area contributed by atoms with E-state index in [4.69, 9.17) is 5.11 Å². The molecule has 20 heavy (non-hydrogen) atoms. The summed E-state index contributed by atoms with van der Waals surface area (Å²) in [7, 11) is -3.51. The first kappa shape index (κ1) is 15.8. The Kier molecular flexibility index (Phi) is 5.49. The van der Waals surface area contributed by atoms with Crippen LogP contribution < -0.4 is 4.72 Å². The van der Waals surface area contributed by atoms with Crippen molar-refractivity contribution < 1.29 is 13.5 Å². The molecule has 2 rings (SSSR count). The summed E-state index contributed by atoms with van der Waals surface area (Å²) in [6, 6.07) is 6.47. The molecular formula is C14H21NO3S2. The summed E-state index contributed by atoms with van der Waals surface area (Å²) in [6.45, 7) is -0.153. The molecule has 1 fully saturated rings. The van der Waals surface area contributed by atoms with E-state index in [-0.39, 0.29) is 17.5 Å². The van der Waals surface area contributed by atoms with Gasteiger partial charge in [-0.1, -0.05) is 25.0 Å². The van der Waals surface area contributed by atoms with Gasteiger partial charge < -0.3 is 5.11 Å². The summed E-state index contributed by atoms with van der Waals surface area (Å²) in [5.41, 5.74) is 0.609. The summed E-state index contributed by atoms with van der Waals surface area (Å²) < 4.78 is 27.7. The van der Waals surface area contributed by atoms with Crippen molar-refractivity contribution in [1.29, 1.82) is 0 Å². The molecule has 0 radical (unpaired) electrons. The highest BCUT2D eigenvalue weighted by Crippen LogP contribution is 2.28. The quantitative estimate of drug-likeness (QED) is 0.873.